The van der Waals surface area contributed by atoms with Gasteiger partial charge in [-0.25, -0.2) is 4.79 Å². The molecule has 0 spiro atoms. The molecule has 0 aromatic heterocycles. The number of hydrogen-bond donors (Lipinski definition) is 3. The molecule has 1 aliphatic rings. The predicted octanol–water partition coefficient (Wildman–Crippen LogP) is 0.0589. The Morgan fingerprint density at radius 3 is 2.38 bits per heavy atom. The summed E-state index contributed by atoms with van der Waals surface area (Å²) in [7, 11) is 1.72. The van der Waals surface area contributed by atoms with E-state index in [4.69, 9.17) is 5.11 Å². The van der Waals surface area contributed by atoms with E-state index in [1.165, 1.54) is 6.92 Å². The molecule has 0 aliphatic heterocycles. The molecule has 0 amide bonds. The third-order valence-corrected chi connectivity index (χ3v) is 3.14. The summed E-state index contributed by atoms with van der Waals surface area (Å²) in [5.41, 5.74) is -2.47. The van der Waals surface area contributed by atoms with Crippen molar-refractivity contribution in [3.63, 3.8) is 0 Å². The minimum absolute atomic E-state index is 0.0185. The van der Waals surface area contributed by atoms with Crippen molar-refractivity contribution < 1.29 is 20.1 Å². The van der Waals surface area contributed by atoms with E-state index in [-0.39, 0.29) is 6.54 Å². The van der Waals surface area contributed by atoms with E-state index in [0.717, 1.165) is 25.7 Å². The number of carboxylic acid groups (broad SMARTS) is 1. The quantitative estimate of drug-likeness (QED) is 0.623. The Balaban J connectivity index is 2.47. The van der Waals surface area contributed by atoms with Gasteiger partial charge in [-0.05, 0) is 26.8 Å². The van der Waals surface area contributed by atoms with Crippen molar-refractivity contribution >= 4 is 5.97 Å². The van der Waals surface area contributed by atoms with Crippen LogP contribution in [0.15, 0.2) is 0 Å². The predicted molar refractivity (Wildman–Crippen MR) is 59.2 cm³/mol. The molecular weight excluding hydrogens is 210 g/mol. The molecule has 0 aromatic rings. The van der Waals surface area contributed by atoms with Gasteiger partial charge in [0.25, 0.3) is 0 Å². The Morgan fingerprint density at radius 2 is 1.94 bits per heavy atom. The maximum atomic E-state index is 10.7. The van der Waals surface area contributed by atoms with Gasteiger partial charge in [-0.3, -0.25) is 0 Å². The number of carboxylic acids is 1. The zero-order valence-electron chi connectivity index (χ0n) is 9.94. The lowest BCUT2D eigenvalue weighted by Gasteiger charge is -2.31. The second kappa shape index (κ2) is 4.69. The van der Waals surface area contributed by atoms with Crippen LogP contribution < -0.4 is 0 Å². The SMILES string of the molecule is CN(CC1(O)CCCC1)CC(C)(O)C(=O)O. The fourth-order valence-corrected chi connectivity index (χ4v) is 2.34. The first-order valence-corrected chi connectivity index (χ1v) is 5.62. The molecule has 0 saturated heterocycles. The summed E-state index contributed by atoms with van der Waals surface area (Å²) in [6.07, 6.45) is 3.54. The molecule has 94 valence electrons. The molecule has 1 saturated carbocycles. The second-order valence-electron chi connectivity index (χ2n) is 5.18. The molecule has 1 fully saturated rings. The van der Waals surface area contributed by atoms with Gasteiger partial charge >= 0.3 is 5.97 Å². The van der Waals surface area contributed by atoms with Gasteiger partial charge in [0.15, 0.2) is 5.60 Å². The summed E-state index contributed by atoms with van der Waals surface area (Å²) in [5.74, 6) is -1.24. The lowest BCUT2D eigenvalue weighted by molar-refractivity contribution is -0.158. The second-order valence-corrected chi connectivity index (χ2v) is 5.18. The van der Waals surface area contributed by atoms with Crippen LogP contribution in [0.2, 0.25) is 0 Å². The van der Waals surface area contributed by atoms with E-state index in [1.54, 1.807) is 11.9 Å². The van der Waals surface area contributed by atoms with Gasteiger partial charge in [0.1, 0.15) is 0 Å². The summed E-state index contributed by atoms with van der Waals surface area (Å²) in [6.45, 7) is 1.70. The van der Waals surface area contributed by atoms with E-state index in [2.05, 4.69) is 0 Å². The van der Waals surface area contributed by atoms with Crippen LogP contribution in [0.3, 0.4) is 0 Å². The van der Waals surface area contributed by atoms with E-state index < -0.39 is 17.2 Å². The van der Waals surface area contributed by atoms with Crippen LogP contribution in [0.4, 0.5) is 0 Å². The fourth-order valence-electron chi connectivity index (χ4n) is 2.34. The summed E-state index contributed by atoms with van der Waals surface area (Å²) in [4.78, 5) is 12.4. The molecule has 0 aromatic carbocycles. The van der Waals surface area contributed by atoms with Gasteiger partial charge in [-0.2, -0.15) is 0 Å². The molecule has 1 rings (SSSR count). The first-order chi connectivity index (χ1) is 7.25. The molecule has 0 bridgehead atoms. The van der Waals surface area contributed by atoms with E-state index >= 15 is 0 Å². The van der Waals surface area contributed by atoms with Crippen LogP contribution in [-0.2, 0) is 4.79 Å². The highest BCUT2D eigenvalue weighted by atomic mass is 16.4. The molecular formula is C11H21NO4. The monoisotopic (exact) mass is 231 g/mol. The van der Waals surface area contributed by atoms with Crippen molar-refractivity contribution in [1.29, 1.82) is 0 Å². The van der Waals surface area contributed by atoms with Crippen LogP contribution >= 0.6 is 0 Å². The van der Waals surface area contributed by atoms with Gasteiger partial charge in [0.2, 0.25) is 0 Å². The summed E-state index contributed by atoms with van der Waals surface area (Å²) in [6, 6.07) is 0. The topological polar surface area (TPSA) is 81.0 Å². The largest absolute Gasteiger partial charge is 0.479 e. The van der Waals surface area contributed by atoms with Gasteiger partial charge in [-0.1, -0.05) is 12.8 Å². The van der Waals surface area contributed by atoms with E-state index in [9.17, 15) is 15.0 Å². The van der Waals surface area contributed by atoms with Gasteiger partial charge in [-0.15, -0.1) is 0 Å². The molecule has 16 heavy (non-hydrogen) atoms. The van der Waals surface area contributed by atoms with Crippen molar-refractivity contribution in [1.82, 2.24) is 4.90 Å². The Kier molecular flexibility index (Phi) is 3.93. The van der Waals surface area contributed by atoms with Crippen molar-refractivity contribution in [3.8, 4) is 0 Å². The van der Waals surface area contributed by atoms with E-state index in [0.29, 0.717) is 6.54 Å². The number of aliphatic hydroxyl groups is 2. The van der Waals surface area contributed by atoms with Gasteiger partial charge in [0, 0.05) is 13.1 Å². The number of nitrogens with zero attached hydrogens (tertiary/aromatic N) is 1. The normalized spacial score (nSPS) is 23.3. The zero-order valence-corrected chi connectivity index (χ0v) is 9.94. The Labute approximate surface area is 95.7 Å². The molecule has 1 aliphatic carbocycles. The van der Waals surface area contributed by atoms with Crippen molar-refractivity contribution in [3.05, 3.63) is 0 Å². The lowest BCUT2D eigenvalue weighted by atomic mass is 10.0. The van der Waals surface area contributed by atoms with Crippen LogP contribution in [0, 0.1) is 0 Å². The first-order valence-electron chi connectivity index (χ1n) is 5.62. The number of rotatable bonds is 5. The highest BCUT2D eigenvalue weighted by Gasteiger charge is 2.36. The summed E-state index contributed by atoms with van der Waals surface area (Å²) in [5, 5.41) is 28.5. The van der Waals surface area contributed by atoms with E-state index in [1.807, 2.05) is 0 Å². The average molecular weight is 231 g/mol. The average Bonchev–Trinajstić information content (AvgIpc) is 2.49. The maximum Gasteiger partial charge on any atom is 0.336 e. The highest BCUT2D eigenvalue weighted by Crippen LogP contribution is 2.30. The number of likely N-dealkylation sites (N-methyl/N-ethyl adjacent to an activating group) is 1. The molecule has 1 unspecified atom stereocenters. The maximum absolute atomic E-state index is 10.7. The Hall–Kier alpha value is -0.650. The van der Waals surface area contributed by atoms with Crippen LogP contribution in [0.1, 0.15) is 32.6 Å². The minimum atomic E-state index is -1.76. The number of carbonyl (C=O) groups is 1. The fraction of sp³-hybridized carbons (Fsp3) is 0.909. The first kappa shape index (κ1) is 13.4. The van der Waals surface area contributed by atoms with Crippen LogP contribution in [-0.4, -0.2) is 57.5 Å². The zero-order chi connectivity index (χ0) is 12.4. The highest BCUT2D eigenvalue weighted by molar-refractivity contribution is 5.76. The molecule has 3 N–H and O–H groups in total. The molecule has 5 nitrogen and oxygen atoms in total. The summed E-state index contributed by atoms with van der Waals surface area (Å²) < 4.78 is 0. The molecule has 0 heterocycles. The standard InChI is InChI=1S/C11H21NO4/c1-10(15,9(13)14)7-12(2)8-11(16)5-3-4-6-11/h15-16H,3-8H2,1-2H3,(H,13,14). The van der Waals surface area contributed by atoms with Crippen LogP contribution in [0.25, 0.3) is 0 Å². The molecule has 0 radical (unpaired) electrons. The smallest absolute Gasteiger partial charge is 0.336 e. The molecule has 5 heteroatoms. The number of hydrogen-bond acceptors (Lipinski definition) is 4. The molecule has 1 atom stereocenters. The Bertz CT molecular complexity index is 259. The van der Waals surface area contributed by atoms with Crippen molar-refractivity contribution in [2.24, 2.45) is 0 Å². The third-order valence-electron chi connectivity index (χ3n) is 3.14. The summed E-state index contributed by atoms with van der Waals surface area (Å²) >= 11 is 0. The van der Waals surface area contributed by atoms with Crippen molar-refractivity contribution in [2.45, 2.75) is 43.8 Å². The third kappa shape index (κ3) is 3.43. The Morgan fingerprint density at radius 1 is 1.44 bits per heavy atom. The van der Waals surface area contributed by atoms with Gasteiger partial charge in [0.05, 0.1) is 5.60 Å². The van der Waals surface area contributed by atoms with Gasteiger partial charge < -0.3 is 20.2 Å². The minimum Gasteiger partial charge on any atom is -0.479 e. The van der Waals surface area contributed by atoms with Crippen molar-refractivity contribution in [2.75, 3.05) is 20.1 Å². The number of aliphatic carboxylic acids is 1. The van der Waals surface area contributed by atoms with Crippen LogP contribution in [0.5, 0.6) is 0 Å². The lowest BCUT2D eigenvalue weighted by Crippen LogP contribution is -2.49.